The summed E-state index contributed by atoms with van der Waals surface area (Å²) >= 11 is 0. The fourth-order valence-electron chi connectivity index (χ4n) is 1.95. The van der Waals surface area contributed by atoms with Gasteiger partial charge in [0.15, 0.2) is 0 Å². The zero-order valence-electron chi connectivity index (χ0n) is 12.9. The second kappa shape index (κ2) is 9.17. The Morgan fingerprint density at radius 1 is 1.09 bits per heavy atom. The second-order valence-electron chi connectivity index (χ2n) is 5.00. The molecule has 1 aromatic rings. The maximum atomic E-state index is 12.3. The van der Waals surface area contributed by atoms with Crippen LogP contribution in [-0.2, 0) is 25.7 Å². The SMILES string of the molecule is CCOC(=O)[C@@](N)(CCCCN)C(=O)OCc1ccccc1. The standard InChI is InChI=1S/C16H24N2O4/c1-2-21-14(19)16(18,10-6-7-11-17)15(20)22-12-13-8-4-3-5-9-13/h3-5,8-9H,2,6-7,10-12,17-18H2,1H3/t16-/m0/s1. The molecule has 4 N–H and O–H groups in total. The predicted octanol–water partition coefficient (Wildman–Crippen LogP) is 1.12. The molecule has 0 bridgehead atoms. The number of hydrogen-bond donors (Lipinski definition) is 2. The third-order valence-electron chi connectivity index (χ3n) is 3.24. The van der Waals surface area contributed by atoms with Gasteiger partial charge in [-0.05, 0) is 38.3 Å². The molecule has 0 aromatic heterocycles. The fourth-order valence-corrected chi connectivity index (χ4v) is 1.95. The van der Waals surface area contributed by atoms with Crippen LogP contribution < -0.4 is 11.5 Å². The molecule has 1 rings (SSSR count). The van der Waals surface area contributed by atoms with Gasteiger partial charge in [0, 0.05) is 0 Å². The third-order valence-corrected chi connectivity index (χ3v) is 3.24. The lowest BCUT2D eigenvalue weighted by molar-refractivity contribution is -0.165. The molecule has 0 spiro atoms. The highest BCUT2D eigenvalue weighted by Gasteiger charge is 2.44. The minimum absolute atomic E-state index is 0.0644. The first-order valence-electron chi connectivity index (χ1n) is 7.42. The first-order valence-corrected chi connectivity index (χ1v) is 7.42. The molecule has 0 unspecified atom stereocenters. The average Bonchev–Trinajstić information content (AvgIpc) is 2.53. The van der Waals surface area contributed by atoms with E-state index in [0.29, 0.717) is 19.4 Å². The van der Waals surface area contributed by atoms with Crippen LogP contribution in [0, 0.1) is 0 Å². The van der Waals surface area contributed by atoms with Gasteiger partial charge in [-0.2, -0.15) is 0 Å². The topological polar surface area (TPSA) is 105 Å². The minimum Gasteiger partial charge on any atom is -0.464 e. The lowest BCUT2D eigenvalue weighted by atomic mass is 9.93. The fraction of sp³-hybridized carbons (Fsp3) is 0.500. The summed E-state index contributed by atoms with van der Waals surface area (Å²) in [6.45, 7) is 2.35. The van der Waals surface area contributed by atoms with Crippen LogP contribution in [0.3, 0.4) is 0 Å². The van der Waals surface area contributed by atoms with E-state index in [0.717, 1.165) is 5.56 Å². The summed E-state index contributed by atoms with van der Waals surface area (Å²) in [6.07, 6.45) is 1.37. The van der Waals surface area contributed by atoms with Crippen molar-refractivity contribution in [2.24, 2.45) is 11.5 Å². The van der Waals surface area contributed by atoms with Crippen molar-refractivity contribution in [1.29, 1.82) is 0 Å². The molecule has 0 aliphatic heterocycles. The number of carbonyl (C=O) groups is 2. The molecular weight excluding hydrogens is 284 g/mol. The van der Waals surface area contributed by atoms with Gasteiger partial charge < -0.3 is 20.9 Å². The van der Waals surface area contributed by atoms with Crippen molar-refractivity contribution in [3.8, 4) is 0 Å². The van der Waals surface area contributed by atoms with Crippen LogP contribution in [0.1, 0.15) is 31.7 Å². The van der Waals surface area contributed by atoms with Gasteiger partial charge in [0.05, 0.1) is 6.61 Å². The number of esters is 2. The van der Waals surface area contributed by atoms with Gasteiger partial charge in [0.1, 0.15) is 6.61 Å². The van der Waals surface area contributed by atoms with Crippen LogP contribution >= 0.6 is 0 Å². The molecule has 6 heteroatoms. The van der Waals surface area contributed by atoms with Gasteiger partial charge in [-0.3, -0.25) is 0 Å². The Morgan fingerprint density at radius 2 is 1.73 bits per heavy atom. The molecule has 1 aromatic carbocycles. The van der Waals surface area contributed by atoms with E-state index in [4.69, 9.17) is 20.9 Å². The molecule has 0 saturated carbocycles. The number of carbonyl (C=O) groups excluding carboxylic acids is 2. The van der Waals surface area contributed by atoms with Crippen LogP contribution in [0.5, 0.6) is 0 Å². The summed E-state index contributed by atoms with van der Waals surface area (Å²) in [5.41, 5.74) is 10.5. The highest BCUT2D eigenvalue weighted by Crippen LogP contribution is 2.17. The van der Waals surface area contributed by atoms with E-state index >= 15 is 0 Å². The third kappa shape index (κ3) is 5.13. The minimum atomic E-state index is -1.78. The van der Waals surface area contributed by atoms with Crippen LogP contribution in [-0.4, -0.2) is 30.6 Å². The van der Waals surface area contributed by atoms with Gasteiger partial charge >= 0.3 is 11.9 Å². The Balaban J connectivity index is 2.71. The number of unbranched alkanes of at least 4 members (excludes halogenated alkanes) is 1. The van der Waals surface area contributed by atoms with Crippen LogP contribution in [0.25, 0.3) is 0 Å². The molecule has 0 amide bonds. The van der Waals surface area contributed by atoms with E-state index < -0.39 is 17.5 Å². The van der Waals surface area contributed by atoms with Crippen LogP contribution in [0.2, 0.25) is 0 Å². The quantitative estimate of drug-likeness (QED) is 0.402. The van der Waals surface area contributed by atoms with Crippen LogP contribution in [0.15, 0.2) is 30.3 Å². The zero-order chi connectivity index (χ0) is 16.4. The smallest absolute Gasteiger partial charge is 0.338 e. The first kappa shape index (κ1) is 18.1. The summed E-state index contributed by atoms with van der Waals surface area (Å²) in [5, 5.41) is 0. The normalized spacial score (nSPS) is 13.2. The molecule has 0 aliphatic rings. The molecule has 1 atom stereocenters. The van der Waals surface area contributed by atoms with Crippen molar-refractivity contribution in [2.75, 3.05) is 13.2 Å². The number of nitrogens with two attached hydrogens (primary N) is 2. The molecule has 0 saturated heterocycles. The molecular formula is C16H24N2O4. The maximum Gasteiger partial charge on any atom is 0.338 e. The predicted molar refractivity (Wildman–Crippen MR) is 82.7 cm³/mol. The van der Waals surface area contributed by atoms with E-state index in [-0.39, 0.29) is 19.6 Å². The Morgan fingerprint density at radius 3 is 2.32 bits per heavy atom. The highest BCUT2D eigenvalue weighted by atomic mass is 16.6. The molecule has 122 valence electrons. The lowest BCUT2D eigenvalue weighted by Crippen LogP contribution is -2.56. The Hall–Kier alpha value is -1.92. The van der Waals surface area contributed by atoms with E-state index in [1.807, 2.05) is 30.3 Å². The van der Waals surface area contributed by atoms with Crippen LogP contribution in [0.4, 0.5) is 0 Å². The molecule has 0 heterocycles. The van der Waals surface area contributed by atoms with Crippen molar-refractivity contribution < 1.29 is 19.1 Å². The first-order chi connectivity index (χ1) is 10.5. The largest absolute Gasteiger partial charge is 0.464 e. The summed E-state index contributed by atoms with van der Waals surface area (Å²) in [5.74, 6) is -1.53. The lowest BCUT2D eigenvalue weighted by Gasteiger charge is -2.25. The molecule has 22 heavy (non-hydrogen) atoms. The van der Waals surface area contributed by atoms with E-state index in [1.54, 1.807) is 6.92 Å². The summed E-state index contributed by atoms with van der Waals surface area (Å²) < 4.78 is 10.1. The number of hydrogen-bond acceptors (Lipinski definition) is 6. The zero-order valence-corrected chi connectivity index (χ0v) is 12.9. The van der Waals surface area contributed by atoms with E-state index in [9.17, 15) is 9.59 Å². The van der Waals surface area contributed by atoms with Gasteiger partial charge in [0.2, 0.25) is 5.54 Å². The van der Waals surface area contributed by atoms with Crippen molar-refractivity contribution in [3.05, 3.63) is 35.9 Å². The Bertz CT molecular complexity index is 478. The second-order valence-corrected chi connectivity index (χ2v) is 5.00. The summed E-state index contributed by atoms with van der Waals surface area (Å²) in [7, 11) is 0. The number of ether oxygens (including phenoxy) is 2. The Kier molecular flexibility index (Phi) is 7.56. The molecule has 0 fully saturated rings. The summed E-state index contributed by atoms with van der Waals surface area (Å²) in [6, 6.07) is 9.19. The van der Waals surface area contributed by atoms with Crippen molar-refractivity contribution in [2.45, 2.75) is 38.3 Å². The average molecular weight is 308 g/mol. The van der Waals surface area contributed by atoms with Gasteiger partial charge in [-0.15, -0.1) is 0 Å². The summed E-state index contributed by atoms with van der Waals surface area (Å²) in [4.78, 5) is 24.3. The van der Waals surface area contributed by atoms with Crippen molar-refractivity contribution in [1.82, 2.24) is 0 Å². The highest BCUT2D eigenvalue weighted by molar-refractivity contribution is 6.04. The Labute approximate surface area is 130 Å². The molecule has 0 aliphatic carbocycles. The van der Waals surface area contributed by atoms with Gasteiger partial charge in [-0.25, -0.2) is 9.59 Å². The van der Waals surface area contributed by atoms with E-state index in [1.165, 1.54) is 0 Å². The van der Waals surface area contributed by atoms with Gasteiger partial charge in [0.25, 0.3) is 0 Å². The molecule has 6 nitrogen and oxygen atoms in total. The maximum absolute atomic E-state index is 12.3. The molecule has 0 radical (unpaired) electrons. The number of rotatable bonds is 9. The van der Waals surface area contributed by atoms with Gasteiger partial charge in [-0.1, -0.05) is 30.3 Å². The monoisotopic (exact) mass is 308 g/mol. The van der Waals surface area contributed by atoms with E-state index in [2.05, 4.69) is 0 Å². The van der Waals surface area contributed by atoms with Crippen molar-refractivity contribution in [3.63, 3.8) is 0 Å². The number of benzene rings is 1. The van der Waals surface area contributed by atoms with Crippen molar-refractivity contribution >= 4 is 11.9 Å².